The molecule has 0 amide bonds. The van der Waals surface area contributed by atoms with Crippen molar-refractivity contribution in [3.8, 4) is 0 Å². The van der Waals surface area contributed by atoms with E-state index >= 15 is 0 Å². The molecule has 0 N–H and O–H groups in total. The minimum Gasteiger partial charge on any atom is -0.0651 e. The molecule has 0 atom stereocenters. The quantitative estimate of drug-likeness (QED) is 0.663. The van der Waals surface area contributed by atoms with Crippen molar-refractivity contribution >= 4 is 0 Å². The van der Waals surface area contributed by atoms with Crippen LogP contribution in [0.4, 0.5) is 0 Å². The van der Waals surface area contributed by atoms with Gasteiger partial charge in [0.15, 0.2) is 0 Å². The summed E-state index contributed by atoms with van der Waals surface area (Å²) in [4.78, 5) is 0. The second-order valence-corrected chi connectivity index (χ2v) is 4.56. The fraction of sp³-hybridized carbons (Fsp3) is 0.571. The van der Waals surface area contributed by atoms with Crippen molar-refractivity contribution in [1.29, 1.82) is 0 Å². The van der Waals surface area contributed by atoms with Crippen LogP contribution in [0, 0.1) is 13.8 Å². The predicted octanol–water partition coefficient (Wildman–Crippen LogP) is 4.38. The summed E-state index contributed by atoms with van der Waals surface area (Å²) < 4.78 is 0. The Morgan fingerprint density at radius 3 is 2.29 bits per heavy atom. The molecule has 14 heavy (non-hydrogen) atoms. The maximum Gasteiger partial charge on any atom is -0.0213 e. The van der Waals surface area contributed by atoms with E-state index in [9.17, 15) is 0 Å². The molecule has 1 aromatic rings. The molecule has 1 rings (SSSR count). The Morgan fingerprint density at radius 2 is 1.79 bits per heavy atom. The summed E-state index contributed by atoms with van der Waals surface area (Å²) in [7, 11) is 0. The standard InChI is InChI=1S/C14H22/c1-6-7-13-9-11(4)8-12(5)14(13)10(2)3/h8-10H,6-7H2,1-5H3. The molecular formula is C14H22. The number of hydrogen-bond donors (Lipinski definition) is 0. The number of benzene rings is 1. The molecule has 0 fully saturated rings. The van der Waals surface area contributed by atoms with Gasteiger partial charge in [-0.3, -0.25) is 0 Å². The zero-order valence-corrected chi connectivity index (χ0v) is 10.1. The van der Waals surface area contributed by atoms with Gasteiger partial charge in [0.05, 0.1) is 0 Å². The molecule has 0 spiro atoms. The van der Waals surface area contributed by atoms with Crippen LogP contribution in [-0.2, 0) is 6.42 Å². The summed E-state index contributed by atoms with van der Waals surface area (Å²) >= 11 is 0. The minimum atomic E-state index is 0.650. The van der Waals surface area contributed by atoms with E-state index in [2.05, 4.69) is 46.8 Å². The average molecular weight is 190 g/mol. The number of hydrogen-bond acceptors (Lipinski definition) is 0. The maximum atomic E-state index is 2.35. The molecule has 0 aliphatic carbocycles. The first-order valence-corrected chi connectivity index (χ1v) is 5.66. The second-order valence-electron chi connectivity index (χ2n) is 4.56. The zero-order valence-electron chi connectivity index (χ0n) is 10.1. The number of aryl methyl sites for hydroxylation is 3. The normalized spacial score (nSPS) is 11.0. The van der Waals surface area contributed by atoms with Crippen LogP contribution in [-0.4, -0.2) is 0 Å². The van der Waals surface area contributed by atoms with Crippen LogP contribution in [0.5, 0.6) is 0 Å². The van der Waals surface area contributed by atoms with Gasteiger partial charge in [-0.15, -0.1) is 0 Å². The van der Waals surface area contributed by atoms with Gasteiger partial charge in [0.1, 0.15) is 0 Å². The van der Waals surface area contributed by atoms with E-state index in [0.717, 1.165) is 0 Å². The van der Waals surface area contributed by atoms with Crippen molar-refractivity contribution in [3.05, 3.63) is 34.4 Å². The van der Waals surface area contributed by atoms with E-state index in [1.807, 2.05) is 0 Å². The Bertz CT molecular complexity index is 308. The van der Waals surface area contributed by atoms with Crippen molar-refractivity contribution in [1.82, 2.24) is 0 Å². The van der Waals surface area contributed by atoms with Crippen LogP contribution < -0.4 is 0 Å². The highest BCUT2D eigenvalue weighted by Crippen LogP contribution is 2.25. The topological polar surface area (TPSA) is 0 Å². The molecule has 0 saturated heterocycles. The summed E-state index contributed by atoms with van der Waals surface area (Å²) in [5.74, 6) is 0.650. The Kier molecular flexibility index (Phi) is 3.74. The smallest absolute Gasteiger partial charge is 0.0213 e. The molecule has 0 nitrogen and oxygen atoms in total. The maximum absolute atomic E-state index is 2.35. The van der Waals surface area contributed by atoms with E-state index in [1.54, 1.807) is 11.1 Å². The lowest BCUT2D eigenvalue weighted by molar-refractivity contribution is 0.811. The third kappa shape index (κ3) is 2.37. The van der Waals surface area contributed by atoms with Crippen LogP contribution in [0.3, 0.4) is 0 Å². The van der Waals surface area contributed by atoms with Gasteiger partial charge < -0.3 is 0 Å². The molecule has 0 bridgehead atoms. The largest absolute Gasteiger partial charge is 0.0651 e. The first-order chi connectivity index (χ1) is 6.56. The van der Waals surface area contributed by atoms with E-state index in [-0.39, 0.29) is 0 Å². The zero-order chi connectivity index (χ0) is 10.7. The van der Waals surface area contributed by atoms with Crippen molar-refractivity contribution in [2.45, 2.75) is 53.4 Å². The van der Waals surface area contributed by atoms with Crippen LogP contribution in [0.1, 0.15) is 55.4 Å². The lowest BCUT2D eigenvalue weighted by Crippen LogP contribution is -2.00. The fourth-order valence-electron chi connectivity index (χ4n) is 2.37. The number of rotatable bonds is 3. The van der Waals surface area contributed by atoms with Crippen LogP contribution >= 0.6 is 0 Å². The van der Waals surface area contributed by atoms with Crippen molar-refractivity contribution in [2.75, 3.05) is 0 Å². The first kappa shape index (κ1) is 11.3. The Labute approximate surface area is 88.4 Å². The van der Waals surface area contributed by atoms with Gasteiger partial charge in [-0.1, -0.05) is 44.9 Å². The Morgan fingerprint density at radius 1 is 1.14 bits per heavy atom. The van der Waals surface area contributed by atoms with Crippen molar-refractivity contribution in [2.24, 2.45) is 0 Å². The summed E-state index contributed by atoms with van der Waals surface area (Å²) in [5, 5.41) is 0. The molecule has 0 aliphatic rings. The third-order valence-corrected chi connectivity index (χ3v) is 2.71. The van der Waals surface area contributed by atoms with Gasteiger partial charge in [0.2, 0.25) is 0 Å². The second kappa shape index (κ2) is 4.63. The van der Waals surface area contributed by atoms with Gasteiger partial charge in [-0.2, -0.15) is 0 Å². The lowest BCUT2D eigenvalue weighted by Gasteiger charge is -2.16. The van der Waals surface area contributed by atoms with Crippen LogP contribution in [0.2, 0.25) is 0 Å². The lowest BCUT2D eigenvalue weighted by atomic mass is 9.89. The van der Waals surface area contributed by atoms with Crippen molar-refractivity contribution in [3.63, 3.8) is 0 Å². The Hall–Kier alpha value is -0.780. The van der Waals surface area contributed by atoms with Crippen LogP contribution in [0.15, 0.2) is 12.1 Å². The van der Waals surface area contributed by atoms with Gasteiger partial charge in [0.25, 0.3) is 0 Å². The minimum absolute atomic E-state index is 0.650. The monoisotopic (exact) mass is 190 g/mol. The van der Waals surface area contributed by atoms with E-state index in [0.29, 0.717) is 5.92 Å². The fourth-order valence-corrected chi connectivity index (χ4v) is 2.37. The molecule has 0 heterocycles. The Balaban J connectivity index is 3.21. The molecule has 0 aromatic heterocycles. The highest BCUT2D eigenvalue weighted by Gasteiger charge is 2.09. The van der Waals surface area contributed by atoms with E-state index in [1.165, 1.54) is 24.0 Å². The molecule has 0 unspecified atom stereocenters. The average Bonchev–Trinajstić information content (AvgIpc) is 2.01. The molecular weight excluding hydrogens is 168 g/mol. The van der Waals surface area contributed by atoms with Gasteiger partial charge in [0, 0.05) is 0 Å². The summed E-state index contributed by atoms with van der Waals surface area (Å²) in [6.45, 7) is 11.3. The molecule has 0 saturated carbocycles. The van der Waals surface area contributed by atoms with Gasteiger partial charge >= 0.3 is 0 Å². The van der Waals surface area contributed by atoms with Crippen LogP contribution in [0.25, 0.3) is 0 Å². The SMILES string of the molecule is CCCc1cc(C)cc(C)c1C(C)C. The first-order valence-electron chi connectivity index (χ1n) is 5.66. The highest BCUT2D eigenvalue weighted by atomic mass is 14.1. The molecule has 0 aliphatic heterocycles. The molecule has 1 aromatic carbocycles. The van der Waals surface area contributed by atoms with Gasteiger partial charge in [-0.25, -0.2) is 0 Å². The predicted molar refractivity (Wildman–Crippen MR) is 64.0 cm³/mol. The summed E-state index contributed by atoms with van der Waals surface area (Å²) in [6, 6.07) is 4.65. The summed E-state index contributed by atoms with van der Waals surface area (Å²) in [5.41, 5.74) is 5.98. The van der Waals surface area contributed by atoms with E-state index in [4.69, 9.17) is 0 Å². The van der Waals surface area contributed by atoms with Crippen molar-refractivity contribution < 1.29 is 0 Å². The highest BCUT2D eigenvalue weighted by molar-refractivity contribution is 5.40. The van der Waals surface area contributed by atoms with E-state index < -0.39 is 0 Å². The summed E-state index contributed by atoms with van der Waals surface area (Å²) in [6.07, 6.45) is 2.46. The van der Waals surface area contributed by atoms with Gasteiger partial charge in [-0.05, 0) is 42.9 Å². The molecule has 0 heteroatoms. The molecule has 78 valence electrons. The molecule has 0 radical (unpaired) electrons. The third-order valence-electron chi connectivity index (χ3n) is 2.71.